The fourth-order valence-electron chi connectivity index (χ4n) is 1.07. The normalized spacial score (nSPS) is 11.2. The highest BCUT2D eigenvalue weighted by molar-refractivity contribution is 5.74. The van der Waals surface area contributed by atoms with Crippen molar-refractivity contribution in [3.05, 3.63) is 30.1 Å². The van der Waals surface area contributed by atoms with Crippen LogP contribution in [0.2, 0.25) is 0 Å². The summed E-state index contributed by atoms with van der Waals surface area (Å²) in [7, 11) is 0. The van der Waals surface area contributed by atoms with E-state index in [9.17, 15) is 22.4 Å². The van der Waals surface area contributed by atoms with Crippen LogP contribution in [0.15, 0.2) is 24.3 Å². The number of rotatable bonds is 6. The second-order valence-corrected chi connectivity index (χ2v) is 3.48. The number of halogens is 4. The molecule has 0 atom stereocenters. The fraction of sp³-hybridized carbons (Fsp3) is 0.364. The van der Waals surface area contributed by atoms with Crippen LogP contribution >= 0.6 is 0 Å². The molecule has 0 saturated carbocycles. The third-order valence-electron chi connectivity index (χ3n) is 1.82. The van der Waals surface area contributed by atoms with E-state index in [-0.39, 0.29) is 18.8 Å². The second kappa shape index (κ2) is 6.93. The van der Waals surface area contributed by atoms with Crippen LogP contribution in [0.4, 0.5) is 17.6 Å². The maximum atomic E-state index is 12.7. The molecule has 0 aliphatic rings. The van der Waals surface area contributed by atoms with Gasteiger partial charge in [-0.25, -0.2) is 9.87 Å². The SMILES string of the molecule is O=C(CCOc1cccc(F)c1)NOCC(F)(F)F. The Kier molecular flexibility index (Phi) is 5.56. The lowest BCUT2D eigenvalue weighted by Crippen LogP contribution is -2.30. The van der Waals surface area contributed by atoms with Gasteiger partial charge >= 0.3 is 6.18 Å². The lowest BCUT2D eigenvalue weighted by Gasteiger charge is -2.09. The van der Waals surface area contributed by atoms with Crippen molar-refractivity contribution in [3.8, 4) is 5.75 Å². The molecule has 19 heavy (non-hydrogen) atoms. The van der Waals surface area contributed by atoms with Crippen LogP contribution in [-0.4, -0.2) is 25.3 Å². The monoisotopic (exact) mass is 281 g/mol. The highest BCUT2D eigenvalue weighted by Gasteiger charge is 2.28. The number of amides is 1. The van der Waals surface area contributed by atoms with Gasteiger partial charge in [0.15, 0.2) is 6.61 Å². The van der Waals surface area contributed by atoms with Crippen LogP contribution in [-0.2, 0) is 9.63 Å². The predicted octanol–water partition coefficient (Wildman–Crippen LogP) is 2.20. The number of carbonyl (C=O) groups is 1. The van der Waals surface area contributed by atoms with Crippen molar-refractivity contribution < 1.29 is 31.9 Å². The van der Waals surface area contributed by atoms with Gasteiger partial charge in [-0.05, 0) is 12.1 Å². The summed E-state index contributed by atoms with van der Waals surface area (Å²) in [5.74, 6) is -1.03. The van der Waals surface area contributed by atoms with E-state index in [0.29, 0.717) is 0 Å². The van der Waals surface area contributed by atoms with Crippen molar-refractivity contribution in [2.75, 3.05) is 13.2 Å². The summed E-state index contributed by atoms with van der Waals surface area (Å²) in [6, 6.07) is 5.26. The molecule has 0 saturated heterocycles. The Morgan fingerprint density at radius 2 is 2.05 bits per heavy atom. The zero-order chi connectivity index (χ0) is 14.3. The van der Waals surface area contributed by atoms with E-state index < -0.39 is 24.5 Å². The van der Waals surface area contributed by atoms with E-state index in [1.54, 1.807) is 5.48 Å². The number of hydrogen-bond acceptors (Lipinski definition) is 3. The zero-order valence-corrected chi connectivity index (χ0v) is 9.67. The summed E-state index contributed by atoms with van der Waals surface area (Å²) in [6.07, 6.45) is -4.72. The van der Waals surface area contributed by atoms with Gasteiger partial charge in [0.05, 0.1) is 13.0 Å². The van der Waals surface area contributed by atoms with Gasteiger partial charge in [0, 0.05) is 6.07 Å². The topological polar surface area (TPSA) is 47.6 Å². The summed E-state index contributed by atoms with van der Waals surface area (Å²) in [5.41, 5.74) is 1.62. The molecule has 0 bridgehead atoms. The highest BCUT2D eigenvalue weighted by Crippen LogP contribution is 2.14. The molecular weight excluding hydrogens is 270 g/mol. The molecular formula is C11H11F4NO3. The molecule has 0 aliphatic heterocycles. The minimum absolute atomic E-state index is 0.106. The van der Waals surface area contributed by atoms with Crippen molar-refractivity contribution >= 4 is 5.91 Å². The largest absolute Gasteiger partial charge is 0.493 e. The van der Waals surface area contributed by atoms with E-state index in [1.165, 1.54) is 18.2 Å². The highest BCUT2D eigenvalue weighted by atomic mass is 19.4. The van der Waals surface area contributed by atoms with Gasteiger partial charge in [0.25, 0.3) is 0 Å². The first-order valence-corrected chi connectivity index (χ1v) is 5.22. The maximum Gasteiger partial charge on any atom is 0.414 e. The van der Waals surface area contributed by atoms with E-state index in [1.807, 2.05) is 0 Å². The minimum Gasteiger partial charge on any atom is -0.493 e. The predicted molar refractivity (Wildman–Crippen MR) is 56.7 cm³/mol. The molecule has 0 aromatic heterocycles. The fourth-order valence-corrected chi connectivity index (χ4v) is 1.07. The van der Waals surface area contributed by atoms with Gasteiger partial charge in [-0.2, -0.15) is 13.2 Å². The molecule has 0 radical (unpaired) electrons. The number of carbonyl (C=O) groups excluding carboxylic acids is 1. The van der Waals surface area contributed by atoms with Crippen LogP contribution in [0, 0.1) is 5.82 Å². The van der Waals surface area contributed by atoms with Crippen LogP contribution in [0.1, 0.15) is 6.42 Å². The summed E-state index contributed by atoms with van der Waals surface area (Å²) in [4.78, 5) is 15.0. The second-order valence-electron chi connectivity index (χ2n) is 3.48. The molecule has 4 nitrogen and oxygen atoms in total. The van der Waals surface area contributed by atoms with Crippen LogP contribution in [0.25, 0.3) is 0 Å². The third-order valence-corrected chi connectivity index (χ3v) is 1.82. The van der Waals surface area contributed by atoms with E-state index in [2.05, 4.69) is 4.84 Å². The quantitative estimate of drug-likeness (QED) is 0.642. The van der Waals surface area contributed by atoms with E-state index in [0.717, 1.165) is 6.07 Å². The Morgan fingerprint density at radius 1 is 1.32 bits per heavy atom. The van der Waals surface area contributed by atoms with Crippen molar-refractivity contribution in [2.45, 2.75) is 12.6 Å². The average molecular weight is 281 g/mol. The molecule has 1 N–H and O–H groups in total. The molecule has 0 fully saturated rings. The van der Waals surface area contributed by atoms with Gasteiger partial charge in [0.2, 0.25) is 5.91 Å². The zero-order valence-electron chi connectivity index (χ0n) is 9.67. The first-order valence-electron chi connectivity index (χ1n) is 5.22. The van der Waals surface area contributed by atoms with E-state index in [4.69, 9.17) is 4.74 Å². The molecule has 1 aromatic rings. The first kappa shape index (κ1) is 15.2. The lowest BCUT2D eigenvalue weighted by atomic mass is 10.3. The van der Waals surface area contributed by atoms with Crippen molar-refractivity contribution in [1.82, 2.24) is 5.48 Å². The molecule has 0 aliphatic carbocycles. The minimum atomic E-state index is -4.51. The molecule has 8 heteroatoms. The number of benzene rings is 1. The molecule has 1 aromatic carbocycles. The molecule has 106 valence electrons. The average Bonchev–Trinajstić information content (AvgIpc) is 2.27. The summed E-state index contributed by atoms with van der Waals surface area (Å²) < 4.78 is 52.8. The number of nitrogens with one attached hydrogen (secondary N) is 1. The molecule has 1 rings (SSSR count). The van der Waals surface area contributed by atoms with Crippen molar-refractivity contribution in [2.24, 2.45) is 0 Å². The van der Waals surface area contributed by atoms with Gasteiger partial charge < -0.3 is 4.74 Å². The summed E-state index contributed by atoms with van der Waals surface area (Å²) in [6.45, 7) is -1.67. The Balaban J connectivity index is 2.17. The first-order chi connectivity index (χ1) is 8.87. The Hall–Kier alpha value is -1.83. The third kappa shape index (κ3) is 7.24. The standard InChI is InChI=1S/C11H11F4NO3/c12-8-2-1-3-9(6-8)18-5-4-10(17)16-19-7-11(13,14)15/h1-3,6H,4-5,7H2,(H,16,17). The molecule has 1 amide bonds. The Labute approximate surface area is 106 Å². The van der Waals surface area contributed by atoms with Crippen LogP contribution < -0.4 is 10.2 Å². The van der Waals surface area contributed by atoms with Gasteiger partial charge in [0.1, 0.15) is 11.6 Å². The number of hydroxylamine groups is 1. The Morgan fingerprint density at radius 3 is 2.68 bits per heavy atom. The number of hydrogen-bond donors (Lipinski definition) is 1. The van der Waals surface area contributed by atoms with Crippen LogP contribution in [0.5, 0.6) is 5.75 Å². The summed E-state index contributed by atoms with van der Waals surface area (Å²) in [5, 5.41) is 0. The molecule has 0 spiro atoms. The lowest BCUT2D eigenvalue weighted by molar-refractivity contribution is -0.191. The van der Waals surface area contributed by atoms with Gasteiger partial charge in [-0.1, -0.05) is 6.07 Å². The summed E-state index contributed by atoms with van der Waals surface area (Å²) >= 11 is 0. The number of ether oxygens (including phenoxy) is 1. The van der Waals surface area contributed by atoms with Gasteiger partial charge in [-0.15, -0.1) is 0 Å². The smallest absolute Gasteiger partial charge is 0.414 e. The van der Waals surface area contributed by atoms with E-state index >= 15 is 0 Å². The maximum absolute atomic E-state index is 12.7. The molecule has 0 heterocycles. The number of alkyl halides is 3. The Bertz CT molecular complexity index is 423. The van der Waals surface area contributed by atoms with Crippen molar-refractivity contribution in [1.29, 1.82) is 0 Å². The van der Waals surface area contributed by atoms with Crippen molar-refractivity contribution in [3.63, 3.8) is 0 Å². The van der Waals surface area contributed by atoms with Crippen LogP contribution in [0.3, 0.4) is 0 Å². The van der Waals surface area contributed by atoms with Gasteiger partial charge in [-0.3, -0.25) is 9.63 Å². The molecule has 0 unspecified atom stereocenters.